The lowest BCUT2D eigenvalue weighted by molar-refractivity contribution is 0.702. The van der Waals surface area contributed by atoms with E-state index in [4.69, 9.17) is 0 Å². The van der Waals surface area contributed by atoms with E-state index >= 15 is 0 Å². The summed E-state index contributed by atoms with van der Waals surface area (Å²) in [5.41, 5.74) is 2.74. The Morgan fingerprint density at radius 2 is 0.947 bits per heavy atom. The molecule has 0 radical (unpaired) electrons. The molecule has 0 amide bonds. The molecule has 0 spiro atoms. The van der Waals surface area contributed by atoms with Gasteiger partial charge in [0.25, 0.3) is 0 Å². The maximum atomic E-state index is 2.23. The maximum Gasteiger partial charge on any atom is -0.00258 e. The predicted octanol–water partition coefficient (Wildman–Crippen LogP) is 5.86. The van der Waals surface area contributed by atoms with Gasteiger partial charge in [-0.05, 0) is 17.5 Å². The van der Waals surface area contributed by atoms with Gasteiger partial charge in [0.1, 0.15) is 0 Å². The molecule has 0 aliphatic carbocycles. The quantitative estimate of drug-likeness (QED) is 0.586. The summed E-state index contributed by atoms with van der Waals surface area (Å²) in [5, 5.41) is 0. The Balaban J connectivity index is 0.000000258. The van der Waals surface area contributed by atoms with E-state index in [-0.39, 0.29) is 0 Å². The fourth-order valence-corrected chi connectivity index (χ4v) is 1.93. The van der Waals surface area contributed by atoms with Crippen LogP contribution in [-0.4, -0.2) is 0 Å². The van der Waals surface area contributed by atoms with E-state index in [9.17, 15) is 0 Å². The van der Waals surface area contributed by atoms with E-state index in [0.717, 1.165) is 6.42 Å². The summed E-state index contributed by atoms with van der Waals surface area (Å²) in [6.07, 6.45) is 6.57. The van der Waals surface area contributed by atoms with Gasteiger partial charge in [0.15, 0.2) is 0 Å². The van der Waals surface area contributed by atoms with Gasteiger partial charge in [0.2, 0.25) is 0 Å². The average Bonchev–Trinajstić information content (AvgIpc) is 2.48. The largest absolute Gasteiger partial charge is 0.0654 e. The van der Waals surface area contributed by atoms with Crippen LogP contribution in [0.3, 0.4) is 0 Å². The fraction of sp³-hybridized carbons (Fsp3) is 0.368. The summed E-state index contributed by atoms with van der Waals surface area (Å²) in [7, 11) is 0. The van der Waals surface area contributed by atoms with E-state index in [2.05, 4.69) is 74.5 Å². The lowest BCUT2D eigenvalue weighted by Crippen LogP contribution is -1.85. The topological polar surface area (TPSA) is 0 Å². The summed E-state index contributed by atoms with van der Waals surface area (Å²) in [4.78, 5) is 0. The molecule has 0 saturated carbocycles. The van der Waals surface area contributed by atoms with Crippen molar-refractivity contribution in [2.45, 2.75) is 46.0 Å². The number of rotatable bonds is 5. The van der Waals surface area contributed by atoms with Crippen LogP contribution in [0.2, 0.25) is 0 Å². The van der Waals surface area contributed by atoms with E-state index in [1.807, 2.05) is 0 Å². The van der Waals surface area contributed by atoms with Gasteiger partial charge in [0.05, 0.1) is 0 Å². The first-order valence-corrected chi connectivity index (χ1v) is 7.44. The van der Waals surface area contributed by atoms with Crippen LogP contribution in [-0.2, 0) is 6.42 Å². The second-order valence-corrected chi connectivity index (χ2v) is 4.86. The summed E-state index contributed by atoms with van der Waals surface area (Å²) < 4.78 is 0. The average molecular weight is 254 g/mol. The Kier molecular flexibility index (Phi) is 8.46. The highest BCUT2D eigenvalue weighted by molar-refractivity contribution is 5.25. The van der Waals surface area contributed by atoms with Crippen molar-refractivity contribution in [1.82, 2.24) is 0 Å². The molecule has 102 valence electrons. The molecule has 19 heavy (non-hydrogen) atoms. The van der Waals surface area contributed by atoms with Crippen molar-refractivity contribution in [2.24, 2.45) is 0 Å². The molecule has 2 aromatic carbocycles. The summed E-state index contributed by atoms with van der Waals surface area (Å²) in [5.74, 6) is 0. The zero-order valence-corrected chi connectivity index (χ0v) is 12.3. The second kappa shape index (κ2) is 10.4. The molecule has 2 rings (SSSR count). The minimum absolute atomic E-state index is 1.03. The van der Waals surface area contributed by atoms with Crippen LogP contribution in [0.5, 0.6) is 0 Å². The predicted molar refractivity (Wildman–Crippen MR) is 85.5 cm³/mol. The fourth-order valence-electron chi connectivity index (χ4n) is 1.93. The van der Waals surface area contributed by atoms with Gasteiger partial charge in [0, 0.05) is 0 Å². The zero-order valence-electron chi connectivity index (χ0n) is 12.3. The Labute approximate surface area is 118 Å². The maximum absolute atomic E-state index is 2.23. The Morgan fingerprint density at radius 3 is 1.26 bits per heavy atom. The van der Waals surface area contributed by atoms with Crippen molar-refractivity contribution in [1.29, 1.82) is 0 Å². The molecule has 0 aromatic heterocycles. The van der Waals surface area contributed by atoms with Crippen molar-refractivity contribution in [3.8, 4) is 0 Å². The van der Waals surface area contributed by atoms with Gasteiger partial charge < -0.3 is 0 Å². The third kappa shape index (κ3) is 7.46. The van der Waals surface area contributed by atoms with Crippen molar-refractivity contribution in [3.05, 3.63) is 71.8 Å². The van der Waals surface area contributed by atoms with E-state index < -0.39 is 0 Å². The van der Waals surface area contributed by atoms with Crippen molar-refractivity contribution in [3.63, 3.8) is 0 Å². The normalized spacial score (nSPS) is 9.58. The molecule has 0 atom stereocenters. The van der Waals surface area contributed by atoms with Crippen LogP contribution < -0.4 is 0 Å². The summed E-state index contributed by atoms with van der Waals surface area (Å²) in [6, 6.07) is 21.1. The molecule has 0 heterocycles. The molecular weight excluding hydrogens is 228 g/mol. The molecule has 0 fully saturated rings. The molecule has 0 heteroatoms. The minimum atomic E-state index is 1.03. The monoisotopic (exact) mass is 254 g/mol. The SMILES string of the molecule is CCCCCC.c1ccc(Cc2ccccc2)cc1. The minimum Gasteiger partial charge on any atom is -0.0654 e. The van der Waals surface area contributed by atoms with Crippen LogP contribution in [0, 0.1) is 0 Å². The molecule has 0 bridgehead atoms. The number of unbranched alkanes of at least 4 members (excludes halogenated alkanes) is 3. The smallest absolute Gasteiger partial charge is 0.00258 e. The molecule has 0 aliphatic rings. The van der Waals surface area contributed by atoms with Gasteiger partial charge in [-0.25, -0.2) is 0 Å². The van der Waals surface area contributed by atoms with Crippen molar-refractivity contribution in [2.75, 3.05) is 0 Å². The molecule has 0 saturated heterocycles. The van der Waals surface area contributed by atoms with Crippen LogP contribution in [0.25, 0.3) is 0 Å². The number of benzene rings is 2. The molecule has 0 aliphatic heterocycles. The van der Waals surface area contributed by atoms with Gasteiger partial charge in [-0.2, -0.15) is 0 Å². The van der Waals surface area contributed by atoms with E-state index in [1.54, 1.807) is 0 Å². The van der Waals surface area contributed by atoms with Crippen molar-refractivity contribution < 1.29 is 0 Å². The molecular formula is C19H26. The lowest BCUT2D eigenvalue weighted by Gasteiger charge is -2.00. The third-order valence-corrected chi connectivity index (χ3v) is 3.05. The molecule has 0 unspecified atom stereocenters. The summed E-state index contributed by atoms with van der Waals surface area (Å²) in [6.45, 7) is 4.46. The first kappa shape index (κ1) is 15.5. The number of hydrogen-bond donors (Lipinski definition) is 0. The zero-order chi connectivity index (χ0) is 13.8. The van der Waals surface area contributed by atoms with E-state index in [1.165, 1.54) is 36.8 Å². The van der Waals surface area contributed by atoms with Gasteiger partial charge in [-0.1, -0.05) is 100 Å². The van der Waals surface area contributed by atoms with Crippen LogP contribution in [0.4, 0.5) is 0 Å². The lowest BCUT2D eigenvalue weighted by atomic mass is 10.1. The highest BCUT2D eigenvalue weighted by Crippen LogP contribution is 2.07. The van der Waals surface area contributed by atoms with Crippen LogP contribution in [0.15, 0.2) is 60.7 Å². The van der Waals surface area contributed by atoms with Gasteiger partial charge in [-0.15, -0.1) is 0 Å². The third-order valence-electron chi connectivity index (χ3n) is 3.05. The van der Waals surface area contributed by atoms with Crippen LogP contribution >= 0.6 is 0 Å². The standard InChI is InChI=1S/C13H12.C6H14/c1-3-7-12(8-4-1)11-13-9-5-2-6-10-13;1-3-5-6-4-2/h1-10H,11H2;3-6H2,1-2H3. The van der Waals surface area contributed by atoms with Crippen molar-refractivity contribution >= 4 is 0 Å². The highest BCUT2D eigenvalue weighted by atomic mass is 14.0. The molecule has 2 aromatic rings. The van der Waals surface area contributed by atoms with Crippen LogP contribution in [0.1, 0.15) is 50.7 Å². The van der Waals surface area contributed by atoms with Gasteiger partial charge in [-0.3, -0.25) is 0 Å². The summed E-state index contributed by atoms with van der Waals surface area (Å²) >= 11 is 0. The number of hydrogen-bond acceptors (Lipinski definition) is 0. The molecule has 0 N–H and O–H groups in total. The Bertz CT molecular complexity index is 361. The van der Waals surface area contributed by atoms with E-state index in [0.29, 0.717) is 0 Å². The Hall–Kier alpha value is -1.56. The first-order valence-electron chi connectivity index (χ1n) is 7.44. The molecule has 0 nitrogen and oxygen atoms in total. The van der Waals surface area contributed by atoms with Gasteiger partial charge >= 0.3 is 0 Å². The second-order valence-electron chi connectivity index (χ2n) is 4.86. The highest BCUT2D eigenvalue weighted by Gasteiger charge is 1.92. The first-order chi connectivity index (χ1) is 9.36. The Morgan fingerprint density at radius 1 is 0.579 bits per heavy atom.